The fourth-order valence-electron chi connectivity index (χ4n) is 3.61. The Bertz CT molecular complexity index is 637. The van der Waals surface area contributed by atoms with Gasteiger partial charge in [-0.3, -0.25) is 10.1 Å². The number of amides is 1. The van der Waals surface area contributed by atoms with Crippen molar-refractivity contribution in [3.8, 4) is 0 Å². The van der Waals surface area contributed by atoms with E-state index in [1.165, 1.54) is 0 Å². The Morgan fingerprint density at radius 2 is 2.05 bits per heavy atom. The molecular weight excluding hydrogens is 252 g/mol. The van der Waals surface area contributed by atoms with Crippen LogP contribution >= 0.6 is 0 Å². The molecule has 1 amide bonds. The number of benzene rings is 1. The smallest absolute Gasteiger partial charge is 0.244 e. The molecule has 1 spiro atoms. The number of furan rings is 1. The number of rotatable bonds is 1. The van der Waals surface area contributed by atoms with Crippen LogP contribution in [0.4, 0.5) is 0 Å². The van der Waals surface area contributed by atoms with E-state index in [4.69, 9.17) is 4.42 Å². The molecule has 4 rings (SSSR count). The first kappa shape index (κ1) is 12.0. The zero-order valence-corrected chi connectivity index (χ0v) is 11.6. The number of likely N-dealkylation sites (N-methyl/N-ethyl adjacent to an activating group) is 1. The lowest BCUT2D eigenvalue weighted by Gasteiger charge is -2.19. The van der Waals surface area contributed by atoms with Gasteiger partial charge in [-0.05, 0) is 25.0 Å². The Morgan fingerprint density at radius 1 is 1.30 bits per heavy atom. The minimum atomic E-state index is -0.349. The highest BCUT2D eigenvalue weighted by Gasteiger charge is 2.52. The minimum Gasteiger partial charge on any atom is -0.457 e. The number of hydrogen-bond acceptors (Lipinski definition) is 3. The quantitative estimate of drug-likeness (QED) is 0.866. The molecule has 1 aliphatic carbocycles. The highest BCUT2D eigenvalue weighted by molar-refractivity contribution is 5.89. The zero-order valence-electron chi connectivity index (χ0n) is 11.6. The summed E-state index contributed by atoms with van der Waals surface area (Å²) in [6.45, 7) is 0. The van der Waals surface area contributed by atoms with Crippen molar-refractivity contribution in [2.24, 2.45) is 0 Å². The summed E-state index contributed by atoms with van der Waals surface area (Å²) in [4.78, 5) is 14.3. The van der Waals surface area contributed by atoms with Gasteiger partial charge in [0.2, 0.25) is 5.91 Å². The molecule has 104 valence electrons. The van der Waals surface area contributed by atoms with Crippen molar-refractivity contribution in [3.63, 3.8) is 0 Å². The topological polar surface area (TPSA) is 45.5 Å². The standard InChI is InChI=1S/C16H18N2O2/c1-18-14(17-16(15(18)19)8-4-5-9-16)13-10-11-6-2-3-7-12(11)20-13/h2-3,6-7,10,14,17H,4-5,8-9H2,1H3/t14-/m1/s1. The Labute approximate surface area is 117 Å². The maximum atomic E-state index is 12.6. The van der Waals surface area contributed by atoms with Gasteiger partial charge in [0.1, 0.15) is 17.5 Å². The summed E-state index contributed by atoms with van der Waals surface area (Å²) in [6.07, 6.45) is 3.98. The van der Waals surface area contributed by atoms with Crippen molar-refractivity contribution >= 4 is 16.9 Å². The molecule has 2 aliphatic rings. The van der Waals surface area contributed by atoms with Crippen LogP contribution in [-0.2, 0) is 4.79 Å². The van der Waals surface area contributed by atoms with Crippen LogP contribution in [0.1, 0.15) is 37.6 Å². The van der Waals surface area contributed by atoms with Gasteiger partial charge in [-0.25, -0.2) is 0 Å². The number of fused-ring (bicyclic) bond motifs is 1. The van der Waals surface area contributed by atoms with Crippen LogP contribution in [0.25, 0.3) is 11.0 Å². The van der Waals surface area contributed by atoms with Crippen molar-refractivity contribution in [2.75, 3.05) is 7.05 Å². The summed E-state index contributed by atoms with van der Waals surface area (Å²) in [5.74, 6) is 1.03. The van der Waals surface area contributed by atoms with E-state index in [0.29, 0.717) is 0 Å². The Balaban J connectivity index is 1.73. The van der Waals surface area contributed by atoms with Crippen LogP contribution in [0.3, 0.4) is 0 Å². The van der Waals surface area contributed by atoms with Crippen LogP contribution in [0.2, 0.25) is 0 Å². The third-order valence-electron chi connectivity index (χ3n) is 4.70. The van der Waals surface area contributed by atoms with E-state index in [1.807, 2.05) is 37.4 Å². The lowest BCUT2D eigenvalue weighted by atomic mass is 9.98. The average molecular weight is 270 g/mol. The Kier molecular flexibility index (Phi) is 2.45. The molecule has 1 aromatic heterocycles. The maximum absolute atomic E-state index is 12.6. The molecule has 2 fully saturated rings. The van der Waals surface area contributed by atoms with Gasteiger partial charge in [0.25, 0.3) is 0 Å². The summed E-state index contributed by atoms with van der Waals surface area (Å²) >= 11 is 0. The highest BCUT2D eigenvalue weighted by atomic mass is 16.3. The molecule has 0 radical (unpaired) electrons. The molecule has 4 heteroatoms. The van der Waals surface area contributed by atoms with E-state index in [1.54, 1.807) is 4.90 Å². The Morgan fingerprint density at radius 3 is 2.80 bits per heavy atom. The second kappa shape index (κ2) is 4.09. The molecule has 1 atom stereocenters. The normalized spacial score (nSPS) is 25.1. The van der Waals surface area contributed by atoms with E-state index in [0.717, 1.165) is 42.4 Å². The van der Waals surface area contributed by atoms with Crippen molar-refractivity contribution in [2.45, 2.75) is 37.4 Å². The van der Waals surface area contributed by atoms with Gasteiger partial charge < -0.3 is 9.32 Å². The summed E-state index contributed by atoms with van der Waals surface area (Å²) in [5.41, 5.74) is 0.524. The highest BCUT2D eigenvalue weighted by Crippen LogP contribution is 2.40. The zero-order chi connectivity index (χ0) is 13.7. The van der Waals surface area contributed by atoms with Gasteiger partial charge in [0.15, 0.2) is 0 Å². The van der Waals surface area contributed by atoms with E-state index in [-0.39, 0.29) is 17.6 Å². The molecule has 1 N–H and O–H groups in total. The number of para-hydroxylation sites is 1. The van der Waals surface area contributed by atoms with E-state index in [9.17, 15) is 4.79 Å². The van der Waals surface area contributed by atoms with Crippen molar-refractivity contribution in [1.82, 2.24) is 10.2 Å². The van der Waals surface area contributed by atoms with Crippen LogP contribution < -0.4 is 5.32 Å². The first-order valence-electron chi connectivity index (χ1n) is 7.23. The fourth-order valence-corrected chi connectivity index (χ4v) is 3.61. The second-order valence-electron chi connectivity index (χ2n) is 5.94. The summed E-state index contributed by atoms with van der Waals surface area (Å²) < 4.78 is 5.92. The number of carbonyl (C=O) groups excluding carboxylic acids is 1. The monoisotopic (exact) mass is 270 g/mol. The third-order valence-corrected chi connectivity index (χ3v) is 4.70. The van der Waals surface area contributed by atoms with Gasteiger partial charge in [-0.2, -0.15) is 0 Å². The third kappa shape index (κ3) is 1.54. The van der Waals surface area contributed by atoms with Gasteiger partial charge in [0, 0.05) is 12.4 Å². The van der Waals surface area contributed by atoms with Crippen LogP contribution in [0, 0.1) is 0 Å². The van der Waals surface area contributed by atoms with Crippen molar-refractivity contribution in [1.29, 1.82) is 0 Å². The molecule has 1 saturated carbocycles. The molecule has 0 unspecified atom stereocenters. The predicted molar refractivity (Wildman–Crippen MR) is 76.1 cm³/mol. The molecule has 1 aromatic carbocycles. The molecule has 2 aromatic rings. The molecular formula is C16H18N2O2. The predicted octanol–water partition coefficient (Wildman–Crippen LogP) is 2.81. The van der Waals surface area contributed by atoms with E-state index < -0.39 is 0 Å². The van der Waals surface area contributed by atoms with Crippen LogP contribution in [0.15, 0.2) is 34.7 Å². The van der Waals surface area contributed by atoms with Gasteiger partial charge >= 0.3 is 0 Å². The van der Waals surface area contributed by atoms with Crippen LogP contribution in [0.5, 0.6) is 0 Å². The summed E-state index contributed by atoms with van der Waals surface area (Å²) in [6, 6.07) is 9.98. The van der Waals surface area contributed by atoms with Gasteiger partial charge in [0.05, 0.1) is 5.54 Å². The first-order chi connectivity index (χ1) is 9.70. The van der Waals surface area contributed by atoms with Gasteiger partial charge in [-0.1, -0.05) is 31.0 Å². The van der Waals surface area contributed by atoms with E-state index in [2.05, 4.69) is 5.32 Å². The molecule has 4 nitrogen and oxygen atoms in total. The molecule has 0 bridgehead atoms. The molecule has 1 saturated heterocycles. The second-order valence-corrected chi connectivity index (χ2v) is 5.94. The summed E-state index contributed by atoms with van der Waals surface area (Å²) in [7, 11) is 1.86. The van der Waals surface area contributed by atoms with Gasteiger partial charge in [-0.15, -0.1) is 0 Å². The molecule has 2 heterocycles. The molecule has 20 heavy (non-hydrogen) atoms. The Hall–Kier alpha value is -1.81. The number of nitrogens with zero attached hydrogens (tertiary/aromatic N) is 1. The van der Waals surface area contributed by atoms with Crippen LogP contribution in [-0.4, -0.2) is 23.4 Å². The maximum Gasteiger partial charge on any atom is 0.244 e. The van der Waals surface area contributed by atoms with Crippen molar-refractivity contribution in [3.05, 3.63) is 36.1 Å². The summed E-state index contributed by atoms with van der Waals surface area (Å²) in [5, 5.41) is 4.61. The molecule has 1 aliphatic heterocycles. The lowest BCUT2D eigenvalue weighted by Crippen LogP contribution is -2.43. The average Bonchev–Trinajstić information content (AvgIpc) is 3.14. The van der Waals surface area contributed by atoms with Crippen molar-refractivity contribution < 1.29 is 9.21 Å². The largest absolute Gasteiger partial charge is 0.457 e. The number of carbonyl (C=O) groups is 1. The van der Waals surface area contributed by atoms with E-state index >= 15 is 0 Å². The number of hydrogen-bond donors (Lipinski definition) is 1. The fraction of sp³-hybridized carbons (Fsp3) is 0.438. The first-order valence-corrected chi connectivity index (χ1v) is 7.23. The SMILES string of the molecule is CN1C(=O)C2(CCCC2)N[C@H]1c1cc2ccccc2o1. The number of nitrogens with one attached hydrogen (secondary N) is 1. The lowest BCUT2D eigenvalue weighted by molar-refractivity contribution is -0.132. The minimum absolute atomic E-state index is 0.145.